The molecule has 0 radical (unpaired) electrons. The standard InChI is InChI=1S/C13H16N2O3/c1-9-5-3-4-6-11(9)7-8-14-13(18)15-10(2)12(16)17/h3-8,10H,1-2H3,(H,16,17)(H2,14,15,18)/b8-7+. The summed E-state index contributed by atoms with van der Waals surface area (Å²) in [6.45, 7) is 3.36. The summed E-state index contributed by atoms with van der Waals surface area (Å²) in [5.74, 6) is -1.08. The molecule has 5 heteroatoms. The fraction of sp³-hybridized carbons (Fsp3) is 0.231. The Labute approximate surface area is 106 Å². The van der Waals surface area contributed by atoms with Gasteiger partial charge in [0.1, 0.15) is 6.04 Å². The first kappa shape index (κ1) is 13.8. The predicted molar refractivity (Wildman–Crippen MR) is 69.0 cm³/mol. The molecule has 0 aliphatic carbocycles. The van der Waals surface area contributed by atoms with Crippen molar-refractivity contribution in [3.05, 3.63) is 41.6 Å². The monoisotopic (exact) mass is 248 g/mol. The van der Waals surface area contributed by atoms with Crippen LogP contribution in [0, 0.1) is 6.92 Å². The minimum absolute atomic E-state index is 0.547. The van der Waals surface area contributed by atoms with Crippen LogP contribution in [0.1, 0.15) is 18.1 Å². The molecule has 0 heterocycles. The van der Waals surface area contributed by atoms with E-state index in [4.69, 9.17) is 5.11 Å². The van der Waals surface area contributed by atoms with Crippen molar-refractivity contribution in [1.82, 2.24) is 10.6 Å². The number of rotatable bonds is 4. The molecule has 0 fully saturated rings. The van der Waals surface area contributed by atoms with Gasteiger partial charge in [-0.25, -0.2) is 4.79 Å². The van der Waals surface area contributed by atoms with Gasteiger partial charge >= 0.3 is 12.0 Å². The molecule has 0 aliphatic heterocycles. The average molecular weight is 248 g/mol. The summed E-state index contributed by atoms with van der Waals surface area (Å²) in [6, 6.07) is 6.25. The second kappa shape index (κ2) is 6.44. The summed E-state index contributed by atoms with van der Waals surface area (Å²) >= 11 is 0. The molecule has 2 amide bonds. The SMILES string of the molecule is Cc1ccccc1/C=C/NC(=O)NC(C)C(=O)O. The first-order valence-electron chi connectivity index (χ1n) is 5.52. The Balaban J connectivity index is 2.48. The highest BCUT2D eigenvalue weighted by Gasteiger charge is 2.12. The van der Waals surface area contributed by atoms with E-state index in [1.807, 2.05) is 31.2 Å². The maximum atomic E-state index is 11.3. The van der Waals surface area contributed by atoms with Gasteiger partial charge in [-0.1, -0.05) is 24.3 Å². The van der Waals surface area contributed by atoms with Crippen molar-refractivity contribution in [2.45, 2.75) is 19.9 Å². The van der Waals surface area contributed by atoms with E-state index in [-0.39, 0.29) is 0 Å². The molecule has 0 saturated carbocycles. The molecule has 0 aromatic heterocycles. The van der Waals surface area contributed by atoms with E-state index in [9.17, 15) is 9.59 Å². The topological polar surface area (TPSA) is 78.4 Å². The third kappa shape index (κ3) is 4.29. The molecule has 1 aromatic rings. The summed E-state index contributed by atoms with van der Waals surface area (Å²) in [5, 5.41) is 13.3. The summed E-state index contributed by atoms with van der Waals surface area (Å²) in [7, 11) is 0. The Morgan fingerprint density at radius 1 is 1.33 bits per heavy atom. The van der Waals surface area contributed by atoms with Crippen LogP contribution in [0.25, 0.3) is 6.08 Å². The molecule has 1 rings (SSSR count). The number of carbonyl (C=O) groups is 2. The van der Waals surface area contributed by atoms with E-state index < -0.39 is 18.0 Å². The number of hydrogen-bond acceptors (Lipinski definition) is 2. The number of hydrogen-bond donors (Lipinski definition) is 3. The van der Waals surface area contributed by atoms with Crippen molar-refractivity contribution in [1.29, 1.82) is 0 Å². The molecule has 18 heavy (non-hydrogen) atoms. The second-order valence-electron chi connectivity index (χ2n) is 3.87. The maximum absolute atomic E-state index is 11.3. The molecule has 0 bridgehead atoms. The first-order chi connectivity index (χ1) is 8.50. The number of carbonyl (C=O) groups excluding carboxylic acids is 1. The van der Waals surface area contributed by atoms with E-state index >= 15 is 0 Å². The Morgan fingerprint density at radius 3 is 2.61 bits per heavy atom. The van der Waals surface area contributed by atoms with E-state index in [1.165, 1.54) is 13.1 Å². The third-order valence-corrected chi connectivity index (χ3v) is 2.38. The normalized spacial score (nSPS) is 12.1. The highest BCUT2D eigenvalue weighted by molar-refractivity contribution is 5.83. The van der Waals surface area contributed by atoms with Crippen LogP contribution in [0.2, 0.25) is 0 Å². The van der Waals surface area contributed by atoms with Crippen LogP contribution in [0.5, 0.6) is 0 Å². The zero-order valence-electron chi connectivity index (χ0n) is 10.3. The van der Waals surface area contributed by atoms with Crippen LogP contribution in [0.15, 0.2) is 30.5 Å². The van der Waals surface area contributed by atoms with Crippen LogP contribution < -0.4 is 10.6 Å². The Kier molecular flexibility index (Phi) is 4.92. The highest BCUT2D eigenvalue weighted by atomic mass is 16.4. The number of benzene rings is 1. The largest absolute Gasteiger partial charge is 0.480 e. The minimum atomic E-state index is -1.08. The van der Waals surface area contributed by atoms with E-state index in [2.05, 4.69) is 10.6 Å². The van der Waals surface area contributed by atoms with E-state index in [1.54, 1.807) is 6.08 Å². The molecule has 1 unspecified atom stereocenters. The Morgan fingerprint density at radius 2 is 2.00 bits per heavy atom. The quantitative estimate of drug-likeness (QED) is 0.759. The number of carboxylic acid groups (broad SMARTS) is 1. The van der Waals surface area contributed by atoms with E-state index in [0.717, 1.165) is 11.1 Å². The molecule has 96 valence electrons. The van der Waals surface area contributed by atoms with Gasteiger partial charge in [0.25, 0.3) is 0 Å². The third-order valence-electron chi connectivity index (χ3n) is 2.38. The van der Waals surface area contributed by atoms with Gasteiger partial charge in [-0.05, 0) is 31.1 Å². The van der Waals surface area contributed by atoms with Crippen LogP contribution in [-0.4, -0.2) is 23.1 Å². The Hall–Kier alpha value is -2.30. The molecular formula is C13H16N2O3. The van der Waals surface area contributed by atoms with Crippen LogP contribution in [0.4, 0.5) is 4.79 Å². The first-order valence-corrected chi connectivity index (χ1v) is 5.52. The minimum Gasteiger partial charge on any atom is -0.480 e. The van der Waals surface area contributed by atoms with Crippen molar-refractivity contribution < 1.29 is 14.7 Å². The zero-order chi connectivity index (χ0) is 13.5. The van der Waals surface area contributed by atoms with Crippen molar-refractivity contribution in [2.24, 2.45) is 0 Å². The molecule has 1 aromatic carbocycles. The summed E-state index contributed by atoms with van der Waals surface area (Å²) in [6.07, 6.45) is 3.23. The van der Waals surface area contributed by atoms with Crippen LogP contribution in [0.3, 0.4) is 0 Å². The number of aryl methyl sites for hydroxylation is 1. The van der Waals surface area contributed by atoms with Crippen molar-refractivity contribution >= 4 is 18.1 Å². The van der Waals surface area contributed by atoms with Crippen molar-refractivity contribution in [3.8, 4) is 0 Å². The molecular weight excluding hydrogens is 232 g/mol. The fourth-order valence-electron chi connectivity index (χ4n) is 1.28. The number of carboxylic acids is 1. The zero-order valence-corrected chi connectivity index (χ0v) is 10.3. The second-order valence-corrected chi connectivity index (χ2v) is 3.87. The number of amides is 2. The average Bonchev–Trinajstić information content (AvgIpc) is 2.31. The molecule has 0 aliphatic rings. The molecule has 5 nitrogen and oxygen atoms in total. The number of nitrogens with one attached hydrogen (secondary N) is 2. The van der Waals surface area contributed by atoms with Gasteiger partial charge in [0.2, 0.25) is 0 Å². The molecule has 0 spiro atoms. The van der Waals surface area contributed by atoms with E-state index in [0.29, 0.717) is 0 Å². The number of aliphatic carboxylic acids is 1. The van der Waals surface area contributed by atoms with Gasteiger partial charge in [-0.2, -0.15) is 0 Å². The lowest BCUT2D eigenvalue weighted by Gasteiger charge is -2.08. The van der Waals surface area contributed by atoms with Gasteiger partial charge in [-0.3, -0.25) is 4.79 Å². The summed E-state index contributed by atoms with van der Waals surface area (Å²) < 4.78 is 0. The lowest BCUT2D eigenvalue weighted by molar-refractivity contribution is -0.138. The van der Waals surface area contributed by atoms with Gasteiger partial charge in [0.15, 0.2) is 0 Å². The molecule has 1 atom stereocenters. The van der Waals surface area contributed by atoms with Gasteiger partial charge in [-0.15, -0.1) is 0 Å². The molecule has 0 saturated heterocycles. The van der Waals surface area contributed by atoms with Crippen LogP contribution in [-0.2, 0) is 4.79 Å². The molecule has 3 N–H and O–H groups in total. The summed E-state index contributed by atoms with van der Waals surface area (Å²) in [4.78, 5) is 21.8. The lowest BCUT2D eigenvalue weighted by atomic mass is 10.1. The lowest BCUT2D eigenvalue weighted by Crippen LogP contribution is -2.42. The van der Waals surface area contributed by atoms with Gasteiger partial charge in [0, 0.05) is 6.20 Å². The van der Waals surface area contributed by atoms with Gasteiger partial charge in [0.05, 0.1) is 0 Å². The summed E-state index contributed by atoms with van der Waals surface area (Å²) in [5.41, 5.74) is 2.08. The number of urea groups is 1. The highest BCUT2D eigenvalue weighted by Crippen LogP contribution is 2.07. The predicted octanol–water partition coefficient (Wildman–Crippen LogP) is 1.74. The maximum Gasteiger partial charge on any atom is 0.325 e. The van der Waals surface area contributed by atoms with Crippen molar-refractivity contribution in [2.75, 3.05) is 0 Å². The van der Waals surface area contributed by atoms with Gasteiger partial charge < -0.3 is 15.7 Å². The van der Waals surface area contributed by atoms with Crippen LogP contribution >= 0.6 is 0 Å². The Bertz CT molecular complexity index is 469. The van der Waals surface area contributed by atoms with Crippen molar-refractivity contribution in [3.63, 3.8) is 0 Å². The smallest absolute Gasteiger partial charge is 0.325 e. The fourth-order valence-corrected chi connectivity index (χ4v) is 1.28.